The largest absolute Gasteiger partial charge is 0.491 e. The molecule has 2 rings (SSSR count). The van der Waals surface area contributed by atoms with Crippen LogP contribution in [0.15, 0.2) is 42.5 Å². The minimum atomic E-state index is -0.239. The number of nitrogens with one attached hydrogen (secondary N) is 1. The normalized spacial score (nSPS) is 12.0. The number of nitrogens with zero attached hydrogens (tertiary/aromatic N) is 1. The lowest BCUT2D eigenvalue weighted by molar-refractivity contribution is 0.200. The lowest BCUT2D eigenvalue weighted by Crippen LogP contribution is -2.22. The Morgan fingerprint density at radius 1 is 1.21 bits per heavy atom. The first-order valence-electron chi connectivity index (χ1n) is 8.04. The quantitative estimate of drug-likeness (QED) is 0.780. The summed E-state index contributed by atoms with van der Waals surface area (Å²) in [6.07, 6.45) is 0. The first-order valence-corrected chi connectivity index (χ1v) is 8.04. The minimum Gasteiger partial charge on any atom is -0.491 e. The van der Waals surface area contributed by atoms with Gasteiger partial charge < -0.3 is 20.1 Å². The third-order valence-corrected chi connectivity index (χ3v) is 3.86. The Hall–Kier alpha value is -2.11. The number of rotatable bonds is 8. The number of aliphatic hydroxyl groups is 1. The fraction of sp³-hybridized carbons (Fsp3) is 0.368. The Bertz CT molecular complexity index is 662. The van der Waals surface area contributed by atoms with Crippen LogP contribution in [0.5, 0.6) is 5.75 Å². The van der Waals surface area contributed by atoms with E-state index in [9.17, 15) is 4.39 Å². The van der Waals surface area contributed by atoms with Crippen molar-refractivity contribution in [3.8, 4) is 5.75 Å². The summed E-state index contributed by atoms with van der Waals surface area (Å²) in [6.45, 7) is 2.93. The van der Waals surface area contributed by atoms with Crippen LogP contribution >= 0.6 is 0 Å². The molecule has 0 radical (unpaired) electrons. The van der Waals surface area contributed by atoms with Crippen molar-refractivity contribution in [3.63, 3.8) is 0 Å². The monoisotopic (exact) mass is 332 g/mol. The van der Waals surface area contributed by atoms with Gasteiger partial charge in [-0.05, 0) is 30.7 Å². The van der Waals surface area contributed by atoms with E-state index in [0.29, 0.717) is 6.54 Å². The van der Waals surface area contributed by atoms with Crippen molar-refractivity contribution in [1.29, 1.82) is 0 Å². The molecule has 0 bridgehead atoms. The van der Waals surface area contributed by atoms with Gasteiger partial charge in [0, 0.05) is 37.9 Å². The SMILES string of the molecule is CC(NCc1ccccc1OCCO)c1ccc(F)cc1N(C)C. The predicted octanol–water partition coefficient (Wildman–Crippen LogP) is 3.11. The van der Waals surface area contributed by atoms with Crippen LogP contribution in [0.1, 0.15) is 24.1 Å². The van der Waals surface area contributed by atoms with E-state index in [4.69, 9.17) is 9.84 Å². The van der Waals surface area contributed by atoms with Gasteiger partial charge in [0.1, 0.15) is 18.2 Å². The number of aliphatic hydroxyl groups excluding tert-OH is 1. The fourth-order valence-corrected chi connectivity index (χ4v) is 2.59. The second-order valence-electron chi connectivity index (χ2n) is 5.88. The smallest absolute Gasteiger partial charge is 0.125 e. The highest BCUT2D eigenvalue weighted by atomic mass is 19.1. The molecule has 0 aliphatic heterocycles. The molecule has 2 N–H and O–H groups in total. The fourth-order valence-electron chi connectivity index (χ4n) is 2.59. The number of halogens is 1. The molecule has 0 heterocycles. The van der Waals surface area contributed by atoms with Crippen LogP contribution in [-0.4, -0.2) is 32.4 Å². The summed E-state index contributed by atoms with van der Waals surface area (Å²) < 4.78 is 19.1. The van der Waals surface area contributed by atoms with Gasteiger partial charge in [0.15, 0.2) is 0 Å². The summed E-state index contributed by atoms with van der Waals surface area (Å²) in [5, 5.41) is 12.4. The molecule has 130 valence electrons. The second kappa shape index (κ2) is 8.66. The Morgan fingerprint density at radius 3 is 2.67 bits per heavy atom. The molecule has 1 unspecified atom stereocenters. The molecule has 1 atom stereocenters. The van der Waals surface area contributed by atoms with Crippen LogP contribution in [0.25, 0.3) is 0 Å². The van der Waals surface area contributed by atoms with E-state index in [1.54, 1.807) is 6.07 Å². The Balaban J connectivity index is 2.10. The maximum absolute atomic E-state index is 13.5. The highest BCUT2D eigenvalue weighted by Crippen LogP contribution is 2.27. The van der Waals surface area contributed by atoms with Crippen LogP contribution in [0.2, 0.25) is 0 Å². The molecule has 0 saturated carbocycles. The maximum Gasteiger partial charge on any atom is 0.125 e. The summed E-state index contributed by atoms with van der Waals surface area (Å²) in [5.74, 6) is 0.524. The number of para-hydroxylation sites is 1. The standard InChI is InChI=1S/C19H25FN2O2/c1-14(17-9-8-16(20)12-18(17)22(2)3)21-13-15-6-4-5-7-19(15)24-11-10-23/h4-9,12,14,21,23H,10-11,13H2,1-3H3. The van der Waals surface area contributed by atoms with Gasteiger partial charge >= 0.3 is 0 Å². The number of hydrogen-bond acceptors (Lipinski definition) is 4. The third kappa shape index (κ3) is 4.69. The van der Waals surface area contributed by atoms with Gasteiger partial charge in [-0.1, -0.05) is 24.3 Å². The molecule has 5 heteroatoms. The Morgan fingerprint density at radius 2 is 1.96 bits per heavy atom. The van der Waals surface area contributed by atoms with Gasteiger partial charge in [-0.15, -0.1) is 0 Å². The van der Waals surface area contributed by atoms with E-state index in [2.05, 4.69) is 12.2 Å². The van der Waals surface area contributed by atoms with Crippen molar-refractivity contribution in [2.75, 3.05) is 32.2 Å². The minimum absolute atomic E-state index is 0.0139. The van der Waals surface area contributed by atoms with E-state index in [1.807, 2.05) is 49.3 Å². The first-order chi connectivity index (χ1) is 11.5. The van der Waals surface area contributed by atoms with E-state index >= 15 is 0 Å². The highest BCUT2D eigenvalue weighted by Gasteiger charge is 2.13. The topological polar surface area (TPSA) is 44.7 Å². The molecule has 0 saturated heterocycles. The van der Waals surface area contributed by atoms with Gasteiger partial charge in [-0.25, -0.2) is 4.39 Å². The summed E-state index contributed by atoms with van der Waals surface area (Å²) in [5.41, 5.74) is 2.92. The summed E-state index contributed by atoms with van der Waals surface area (Å²) in [6, 6.07) is 12.6. The van der Waals surface area contributed by atoms with Gasteiger partial charge in [-0.3, -0.25) is 0 Å². The molecule has 4 nitrogen and oxygen atoms in total. The van der Waals surface area contributed by atoms with Gasteiger partial charge in [0.25, 0.3) is 0 Å². The van der Waals surface area contributed by atoms with Crippen molar-refractivity contribution < 1.29 is 14.2 Å². The highest BCUT2D eigenvalue weighted by molar-refractivity contribution is 5.54. The zero-order chi connectivity index (χ0) is 17.5. The van der Waals surface area contributed by atoms with Crippen LogP contribution in [0.4, 0.5) is 10.1 Å². The third-order valence-electron chi connectivity index (χ3n) is 3.86. The van der Waals surface area contributed by atoms with Crippen molar-refractivity contribution >= 4 is 5.69 Å². The Kier molecular flexibility index (Phi) is 6.58. The lowest BCUT2D eigenvalue weighted by Gasteiger charge is -2.23. The van der Waals surface area contributed by atoms with Gasteiger partial charge in [0.2, 0.25) is 0 Å². The molecular weight excluding hydrogens is 307 g/mol. The van der Waals surface area contributed by atoms with Crippen LogP contribution in [0, 0.1) is 5.82 Å². The van der Waals surface area contributed by atoms with Crippen molar-refractivity contribution in [2.45, 2.75) is 19.5 Å². The van der Waals surface area contributed by atoms with Crippen LogP contribution in [0.3, 0.4) is 0 Å². The molecule has 0 aliphatic rings. The van der Waals surface area contributed by atoms with Gasteiger partial charge in [-0.2, -0.15) is 0 Å². The molecular formula is C19H25FN2O2. The molecule has 0 aromatic heterocycles. The first kappa shape index (κ1) is 18.2. The van der Waals surface area contributed by atoms with Crippen molar-refractivity contribution in [1.82, 2.24) is 5.32 Å². The van der Waals surface area contributed by atoms with Crippen molar-refractivity contribution in [3.05, 3.63) is 59.4 Å². The number of ether oxygens (including phenoxy) is 1. The summed E-state index contributed by atoms with van der Waals surface area (Å²) >= 11 is 0. The predicted molar refractivity (Wildman–Crippen MR) is 95.0 cm³/mol. The molecule has 2 aromatic rings. The van der Waals surface area contributed by atoms with E-state index in [1.165, 1.54) is 6.07 Å². The molecule has 0 amide bonds. The summed E-state index contributed by atoms with van der Waals surface area (Å²) in [4.78, 5) is 1.91. The van der Waals surface area contributed by atoms with Gasteiger partial charge in [0.05, 0.1) is 6.61 Å². The average molecular weight is 332 g/mol. The Labute approximate surface area is 142 Å². The molecule has 0 spiro atoms. The number of benzene rings is 2. The second-order valence-corrected chi connectivity index (χ2v) is 5.88. The maximum atomic E-state index is 13.5. The van der Waals surface area contributed by atoms with E-state index in [-0.39, 0.29) is 25.1 Å². The average Bonchev–Trinajstić information content (AvgIpc) is 2.58. The molecule has 2 aromatic carbocycles. The van der Waals surface area contributed by atoms with E-state index in [0.717, 1.165) is 22.6 Å². The van der Waals surface area contributed by atoms with Crippen LogP contribution < -0.4 is 15.0 Å². The van der Waals surface area contributed by atoms with Crippen molar-refractivity contribution in [2.24, 2.45) is 0 Å². The zero-order valence-corrected chi connectivity index (χ0v) is 14.4. The number of anilines is 1. The lowest BCUT2D eigenvalue weighted by atomic mass is 10.0. The molecule has 0 aliphatic carbocycles. The summed E-state index contributed by atoms with van der Waals surface area (Å²) in [7, 11) is 3.81. The molecule has 24 heavy (non-hydrogen) atoms. The van der Waals surface area contributed by atoms with E-state index < -0.39 is 0 Å². The molecule has 0 fully saturated rings. The zero-order valence-electron chi connectivity index (χ0n) is 14.4. The number of hydrogen-bond donors (Lipinski definition) is 2. The van der Waals surface area contributed by atoms with Crippen LogP contribution in [-0.2, 0) is 6.54 Å².